The van der Waals surface area contributed by atoms with Gasteiger partial charge in [0, 0.05) is 11.6 Å². The molecule has 0 bridgehead atoms. The molecule has 1 aliphatic heterocycles. The number of ketones is 1. The van der Waals surface area contributed by atoms with Gasteiger partial charge in [-0.25, -0.2) is 0 Å². The van der Waals surface area contributed by atoms with Crippen LogP contribution in [0.25, 0.3) is 5.76 Å². The second-order valence-corrected chi connectivity index (χ2v) is 7.19. The molecule has 31 heavy (non-hydrogen) atoms. The van der Waals surface area contributed by atoms with E-state index in [4.69, 9.17) is 4.42 Å². The Kier molecular flexibility index (Phi) is 5.12. The van der Waals surface area contributed by atoms with Crippen LogP contribution in [0.2, 0.25) is 0 Å². The highest BCUT2D eigenvalue weighted by Crippen LogP contribution is 2.43. The topological polar surface area (TPSA) is 114 Å². The fourth-order valence-corrected chi connectivity index (χ4v) is 3.69. The first kappa shape index (κ1) is 20.1. The number of furan rings is 1. The highest BCUT2D eigenvalue weighted by Gasteiger charge is 2.48. The van der Waals surface area contributed by atoms with Crippen molar-refractivity contribution in [2.24, 2.45) is 0 Å². The summed E-state index contributed by atoms with van der Waals surface area (Å²) in [7, 11) is 0. The summed E-state index contributed by atoms with van der Waals surface area (Å²) in [6, 6.07) is 14.8. The van der Waals surface area contributed by atoms with Gasteiger partial charge in [0.1, 0.15) is 11.5 Å². The van der Waals surface area contributed by atoms with Gasteiger partial charge in [0.05, 0.1) is 34.9 Å². The number of aliphatic hydroxyl groups excluding tert-OH is 1. The van der Waals surface area contributed by atoms with E-state index in [0.29, 0.717) is 11.3 Å². The molecule has 2 heterocycles. The Balaban J connectivity index is 1.93. The number of hydrogen-bond acceptors (Lipinski definition) is 6. The van der Waals surface area contributed by atoms with Gasteiger partial charge in [-0.3, -0.25) is 19.7 Å². The minimum absolute atomic E-state index is 0.0844. The molecule has 1 aliphatic rings. The number of nitrogens with zero attached hydrogens (tertiary/aromatic N) is 2. The Morgan fingerprint density at radius 2 is 1.81 bits per heavy atom. The van der Waals surface area contributed by atoms with Crippen molar-refractivity contribution < 1.29 is 24.0 Å². The van der Waals surface area contributed by atoms with Crippen molar-refractivity contribution in [3.05, 3.63) is 105 Å². The summed E-state index contributed by atoms with van der Waals surface area (Å²) in [6.07, 6.45) is 1.43. The average Bonchev–Trinajstić information content (AvgIpc) is 3.36. The molecule has 1 saturated heterocycles. The molecule has 2 aromatic carbocycles. The highest BCUT2D eigenvalue weighted by atomic mass is 16.6. The number of nitro groups is 1. The van der Waals surface area contributed by atoms with Crippen LogP contribution in [0.15, 0.2) is 76.9 Å². The quantitative estimate of drug-likeness (QED) is 0.219. The van der Waals surface area contributed by atoms with Gasteiger partial charge in [0.25, 0.3) is 17.4 Å². The van der Waals surface area contributed by atoms with Crippen molar-refractivity contribution in [2.45, 2.75) is 19.5 Å². The van der Waals surface area contributed by atoms with E-state index >= 15 is 0 Å². The molecule has 1 aromatic heterocycles. The number of carbonyl (C=O) groups is 2. The standard InChI is InChI=1S/C23H18N2O6/c1-14-8-10-15(11-9-14)21(26)19-20(17-6-2-3-7-18(17)25(29)30)24(23(28)22(19)27)13-16-5-4-12-31-16/h2-12,20,26H,13H2,1H3/b21-19+/t20-/m0/s1. The molecule has 0 radical (unpaired) electrons. The summed E-state index contributed by atoms with van der Waals surface area (Å²) in [4.78, 5) is 38.2. The summed E-state index contributed by atoms with van der Waals surface area (Å²) in [5.74, 6) is -1.76. The monoisotopic (exact) mass is 418 g/mol. The van der Waals surface area contributed by atoms with Gasteiger partial charge in [0.2, 0.25) is 0 Å². The van der Waals surface area contributed by atoms with Crippen LogP contribution in [0.5, 0.6) is 0 Å². The van der Waals surface area contributed by atoms with Crippen molar-refractivity contribution in [3.8, 4) is 0 Å². The van der Waals surface area contributed by atoms with Crippen LogP contribution in [0.4, 0.5) is 5.69 Å². The highest BCUT2D eigenvalue weighted by molar-refractivity contribution is 6.46. The molecule has 3 aromatic rings. The lowest BCUT2D eigenvalue weighted by molar-refractivity contribution is -0.385. The summed E-state index contributed by atoms with van der Waals surface area (Å²) in [5.41, 5.74) is 0.963. The number of aryl methyl sites for hydroxylation is 1. The van der Waals surface area contributed by atoms with Gasteiger partial charge in [-0.1, -0.05) is 42.0 Å². The van der Waals surface area contributed by atoms with E-state index in [1.807, 2.05) is 6.92 Å². The van der Waals surface area contributed by atoms with Crippen LogP contribution >= 0.6 is 0 Å². The maximum Gasteiger partial charge on any atom is 0.296 e. The fraction of sp³-hybridized carbons (Fsp3) is 0.130. The Bertz CT molecular complexity index is 1200. The first-order chi connectivity index (χ1) is 14.9. The zero-order valence-corrected chi connectivity index (χ0v) is 16.5. The van der Waals surface area contributed by atoms with Crippen molar-refractivity contribution >= 4 is 23.1 Å². The Hall–Kier alpha value is -4.20. The van der Waals surface area contributed by atoms with Crippen LogP contribution in [-0.4, -0.2) is 26.6 Å². The number of para-hydroxylation sites is 1. The minimum atomic E-state index is -1.15. The molecule has 4 rings (SSSR count). The molecule has 0 unspecified atom stereocenters. The molecule has 1 atom stereocenters. The predicted molar refractivity (Wildman–Crippen MR) is 111 cm³/mol. The van der Waals surface area contributed by atoms with Crippen LogP contribution in [-0.2, 0) is 16.1 Å². The van der Waals surface area contributed by atoms with E-state index in [-0.39, 0.29) is 29.1 Å². The molecule has 8 nitrogen and oxygen atoms in total. The SMILES string of the molecule is Cc1ccc(/C(O)=C2\C(=O)C(=O)N(Cc3ccco3)[C@H]2c2ccccc2[N+](=O)[O-])cc1. The average molecular weight is 418 g/mol. The summed E-state index contributed by atoms with van der Waals surface area (Å²) < 4.78 is 5.32. The maximum atomic E-state index is 13.0. The molecule has 0 spiro atoms. The smallest absolute Gasteiger partial charge is 0.296 e. The third kappa shape index (κ3) is 3.59. The molecular weight excluding hydrogens is 400 g/mol. The third-order valence-corrected chi connectivity index (χ3v) is 5.20. The minimum Gasteiger partial charge on any atom is -0.507 e. The number of hydrogen-bond donors (Lipinski definition) is 1. The summed E-state index contributed by atoms with van der Waals surface area (Å²) in [6.45, 7) is 1.79. The van der Waals surface area contributed by atoms with E-state index in [1.54, 1.807) is 42.5 Å². The number of aliphatic hydroxyl groups is 1. The number of carbonyl (C=O) groups excluding carboxylic acids is 2. The lowest BCUT2D eigenvalue weighted by atomic mass is 9.94. The second-order valence-electron chi connectivity index (χ2n) is 7.19. The van der Waals surface area contributed by atoms with E-state index in [1.165, 1.54) is 29.4 Å². The first-order valence-corrected chi connectivity index (χ1v) is 9.49. The van der Waals surface area contributed by atoms with Crippen LogP contribution in [0.1, 0.15) is 28.5 Å². The van der Waals surface area contributed by atoms with Gasteiger partial charge in [-0.15, -0.1) is 0 Å². The molecule has 156 valence electrons. The lowest BCUT2D eigenvalue weighted by Crippen LogP contribution is -2.29. The lowest BCUT2D eigenvalue weighted by Gasteiger charge is -2.24. The first-order valence-electron chi connectivity index (χ1n) is 9.49. The molecule has 1 fully saturated rings. The summed E-state index contributed by atoms with van der Waals surface area (Å²) >= 11 is 0. The van der Waals surface area contributed by atoms with E-state index < -0.39 is 22.7 Å². The molecule has 1 N–H and O–H groups in total. The van der Waals surface area contributed by atoms with Gasteiger partial charge in [0.15, 0.2) is 0 Å². The molecule has 0 aliphatic carbocycles. The number of amides is 1. The maximum absolute atomic E-state index is 13.0. The molecule has 1 amide bonds. The van der Waals surface area contributed by atoms with Gasteiger partial charge < -0.3 is 14.4 Å². The van der Waals surface area contributed by atoms with Crippen molar-refractivity contribution in [3.63, 3.8) is 0 Å². The van der Waals surface area contributed by atoms with Crippen LogP contribution in [0, 0.1) is 17.0 Å². The number of nitro benzene ring substituents is 1. The van der Waals surface area contributed by atoms with Gasteiger partial charge in [-0.2, -0.15) is 0 Å². The van der Waals surface area contributed by atoms with Gasteiger partial charge >= 0.3 is 0 Å². The van der Waals surface area contributed by atoms with E-state index in [9.17, 15) is 24.8 Å². The van der Waals surface area contributed by atoms with Crippen LogP contribution in [0.3, 0.4) is 0 Å². The van der Waals surface area contributed by atoms with Gasteiger partial charge in [-0.05, 0) is 25.1 Å². The van der Waals surface area contributed by atoms with E-state index in [0.717, 1.165) is 5.56 Å². The Morgan fingerprint density at radius 1 is 1.10 bits per heavy atom. The third-order valence-electron chi connectivity index (χ3n) is 5.20. The summed E-state index contributed by atoms with van der Waals surface area (Å²) in [5, 5.41) is 22.7. The Morgan fingerprint density at radius 3 is 2.45 bits per heavy atom. The zero-order valence-electron chi connectivity index (χ0n) is 16.5. The van der Waals surface area contributed by atoms with Crippen molar-refractivity contribution in [1.82, 2.24) is 4.90 Å². The van der Waals surface area contributed by atoms with Crippen LogP contribution < -0.4 is 0 Å². The predicted octanol–water partition coefficient (Wildman–Crippen LogP) is 4.12. The largest absolute Gasteiger partial charge is 0.507 e. The molecule has 0 saturated carbocycles. The molecule has 8 heteroatoms. The second kappa shape index (κ2) is 7.91. The van der Waals surface area contributed by atoms with E-state index in [2.05, 4.69) is 0 Å². The number of rotatable bonds is 5. The fourth-order valence-electron chi connectivity index (χ4n) is 3.69. The number of benzene rings is 2. The number of likely N-dealkylation sites (tertiary alicyclic amines) is 1. The molecular formula is C23H18N2O6. The number of Topliss-reactive ketones (excluding diaryl/α,β-unsaturated/α-hetero) is 1. The zero-order chi connectivity index (χ0) is 22.1. The van der Waals surface area contributed by atoms with Crippen molar-refractivity contribution in [2.75, 3.05) is 0 Å². The van der Waals surface area contributed by atoms with Crippen molar-refractivity contribution in [1.29, 1.82) is 0 Å². The normalized spacial score (nSPS) is 17.8. The Labute approximate surface area is 177 Å².